The quantitative estimate of drug-likeness (QED) is 0.341. The van der Waals surface area contributed by atoms with Gasteiger partial charge >= 0.3 is 0 Å². The van der Waals surface area contributed by atoms with Crippen molar-refractivity contribution in [2.24, 2.45) is 0 Å². The first-order chi connectivity index (χ1) is 15.7. The molecule has 5 rings (SSSR count). The number of ether oxygens (including phenoxy) is 2. The predicted octanol–water partition coefficient (Wildman–Crippen LogP) is 6.54. The number of nitrogens with one attached hydrogen (secondary N) is 1. The van der Waals surface area contributed by atoms with E-state index < -0.39 is 0 Å². The van der Waals surface area contributed by atoms with Crippen molar-refractivity contribution in [3.63, 3.8) is 0 Å². The molecule has 1 aliphatic rings. The highest BCUT2D eigenvalue weighted by molar-refractivity contribution is 6.32. The van der Waals surface area contributed by atoms with E-state index in [1.807, 2.05) is 19.1 Å². The average molecular weight is 447 g/mol. The smallest absolute Gasteiger partial charge is 0.179 e. The second-order valence-corrected chi connectivity index (χ2v) is 8.50. The Bertz CT molecular complexity index is 1300. The molecule has 0 spiro atoms. The van der Waals surface area contributed by atoms with Crippen LogP contribution in [0.15, 0.2) is 48.5 Å². The van der Waals surface area contributed by atoms with E-state index in [-0.39, 0.29) is 0 Å². The molecular weight excluding hydrogens is 420 g/mol. The fourth-order valence-electron chi connectivity index (χ4n) is 4.60. The Labute approximate surface area is 193 Å². The van der Waals surface area contributed by atoms with Gasteiger partial charge in [0.05, 0.1) is 29.4 Å². The molecule has 1 aliphatic heterocycles. The zero-order valence-electron chi connectivity index (χ0n) is 18.5. The van der Waals surface area contributed by atoms with Gasteiger partial charge in [-0.15, -0.1) is 0 Å². The Hall–Kier alpha value is -2.82. The fraction of sp³-hybridized carbons (Fsp3) is 0.296. The number of hydrogen-bond donors (Lipinski definition) is 1. The number of rotatable bonds is 6. The maximum Gasteiger partial charge on any atom is 0.179 e. The van der Waals surface area contributed by atoms with Gasteiger partial charge in [-0.1, -0.05) is 48.9 Å². The first-order valence-electron chi connectivity index (χ1n) is 11.3. The summed E-state index contributed by atoms with van der Waals surface area (Å²) in [6.45, 7) is 6.93. The standard InChI is InChI=1S/C27H27ClN2O2/c1-3-13-32-27-22(28)14-18(15-24(27)31-4-2)26-21-16-29-12-11-20(21)25-19-8-6-5-7-17(19)9-10-23(25)30-26/h5-10,14-15,29H,3-4,11-13,16H2,1-2H3. The Morgan fingerprint density at radius 3 is 2.75 bits per heavy atom. The number of aromatic nitrogens is 1. The minimum atomic E-state index is 0.541. The summed E-state index contributed by atoms with van der Waals surface area (Å²) in [6.07, 6.45) is 1.88. The second-order valence-electron chi connectivity index (χ2n) is 8.09. The van der Waals surface area contributed by atoms with Crippen molar-refractivity contribution in [3.8, 4) is 22.8 Å². The molecule has 1 aromatic heterocycles. The number of hydrogen-bond acceptors (Lipinski definition) is 4. The van der Waals surface area contributed by atoms with Crippen LogP contribution in [-0.2, 0) is 13.0 Å². The molecule has 4 aromatic rings. The van der Waals surface area contributed by atoms with E-state index >= 15 is 0 Å². The average Bonchev–Trinajstić information content (AvgIpc) is 2.82. The second kappa shape index (κ2) is 8.97. The Balaban J connectivity index is 1.75. The van der Waals surface area contributed by atoms with Gasteiger partial charge in [-0.05, 0) is 66.4 Å². The zero-order valence-corrected chi connectivity index (χ0v) is 19.3. The molecule has 2 heterocycles. The lowest BCUT2D eigenvalue weighted by atomic mass is 9.90. The molecule has 164 valence electrons. The van der Waals surface area contributed by atoms with Crippen LogP contribution in [0.25, 0.3) is 32.9 Å². The lowest BCUT2D eigenvalue weighted by molar-refractivity contribution is 0.277. The maximum atomic E-state index is 6.69. The molecule has 1 N–H and O–H groups in total. The molecule has 0 aliphatic carbocycles. The molecule has 0 saturated heterocycles. The van der Waals surface area contributed by atoms with E-state index in [9.17, 15) is 0 Å². The van der Waals surface area contributed by atoms with Crippen molar-refractivity contribution in [3.05, 3.63) is 64.7 Å². The fourth-order valence-corrected chi connectivity index (χ4v) is 4.86. The van der Waals surface area contributed by atoms with E-state index in [2.05, 4.69) is 48.6 Å². The first kappa shape index (κ1) is 21.0. The molecule has 32 heavy (non-hydrogen) atoms. The molecular formula is C27H27ClN2O2. The van der Waals surface area contributed by atoms with Gasteiger partial charge in [-0.2, -0.15) is 0 Å². The van der Waals surface area contributed by atoms with Gasteiger partial charge in [0.15, 0.2) is 11.5 Å². The van der Waals surface area contributed by atoms with E-state index in [1.54, 1.807) is 0 Å². The maximum absolute atomic E-state index is 6.69. The van der Waals surface area contributed by atoms with Crippen molar-refractivity contribution in [1.29, 1.82) is 0 Å². The topological polar surface area (TPSA) is 43.4 Å². The number of benzene rings is 3. The monoisotopic (exact) mass is 446 g/mol. The third-order valence-corrected chi connectivity index (χ3v) is 6.26. The van der Waals surface area contributed by atoms with Crippen molar-refractivity contribution in [2.75, 3.05) is 19.8 Å². The normalized spacial score (nSPS) is 13.3. The third kappa shape index (κ3) is 3.68. The molecule has 0 fully saturated rings. The SMILES string of the molecule is CCCOc1c(Cl)cc(-c2nc3ccc4ccccc4c3c3c2CNCC3)cc1OCC. The van der Waals surface area contributed by atoms with E-state index in [0.717, 1.165) is 42.7 Å². The molecule has 0 amide bonds. The summed E-state index contributed by atoms with van der Waals surface area (Å²) in [6, 6.07) is 16.8. The van der Waals surface area contributed by atoms with Gasteiger partial charge in [0.1, 0.15) is 0 Å². The summed E-state index contributed by atoms with van der Waals surface area (Å²) in [5.74, 6) is 1.28. The Kier molecular flexibility index (Phi) is 5.90. The molecule has 5 heteroatoms. The predicted molar refractivity (Wildman–Crippen MR) is 132 cm³/mol. The van der Waals surface area contributed by atoms with Gasteiger partial charge in [-0.25, -0.2) is 4.98 Å². The van der Waals surface area contributed by atoms with Crippen LogP contribution in [0.1, 0.15) is 31.4 Å². The minimum Gasteiger partial charge on any atom is -0.490 e. The molecule has 4 nitrogen and oxygen atoms in total. The summed E-state index contributed by atoms with van der Waals surface area (Å²) in [4.78, 5) is 5.15. The van der Waals surface area contributed by atoms with Crippen molar-refractivity contribution in [1.82, 2.24) is 10.3 Å². The van der Waals surface area contributed by atoms with Crippen LogP contribution < -0.4 is 14.8 Å². The lowest BCUT2D eigenvalue weighted by Crippen LogP contribution is -2.25. The molecule has 0 bridgehead atoms. The summed E-state index contributed by atoms with van der Waals surface area (Å²) in [5, 5.41) is 7.86. The molecule has 0 saturated carbocycles. The van der Waals surface area contributed by atoms with Crippen LogP contribution in [-0.4, -0.2) is 24.7 Å². The van der Waals surface area contributed by atoms with Crippen molar-refractivity contribution >= 4 is 33.3 Å². The van der Waals surface area contributed by atoms with Gasteiger partial charge in [0.2, 0.25) is 0 Å². The lowest BCUT2D eigenvalue weighted by Gasteiger charge is -2.24. The summed E-state index contributed by atoms with van der Waals surface area (Å²) >= 11 is 6.69. The first-order valence-corrected chi connectivity index (χ1v) is 11.7. The van der Waals surface area contributed by atoms with Crippen molar-refractivity contribution < 1.29 is 9.47 Å². The highest BCUT2D eigenvalue weighted by atomic mass is 35.5. The zero-order chi connectivity index (χ0) is 22.1. The van der Waals surface area contributed by atoms with Gasteiger partial charge < -0.3 is 14.8 Å². The summed E-state index contributed by atoms with van der Waals surface area (Å²) in [7, 11) is 0. The summed E-state index contributed by atoms with van der Waals surface area (Å²) < 4.78 is 11.8. The van der Waals surface area contributed by atoms with Crippen LogP contribution in [0.3, 0.4) is 0 Å². The Morgan fingerprint density at radius 2 is 1.91 bits per heavy atom. The van der Waals surface area contributed by atoms with E-state index in [0.29, 0.717) is 29.7 Å². The van der Waals surface area contributed by atoms with Crippen LogP contribution in [0, 0.1) is 0 Å². The van der Waals surface area contributed by atoms with Crippen LogP contribution in [0.4, 0.5) is 0 Å². The highest BCUT2D eigenvalue weighted by Crippen LogP contribution is 2.42. The van der Waals surface area contributed by atoms with Gasteiger partial charge in [0.25, 0.3) is 0 Å². The highest BCUT2D eigenvalue weighted by Gasteiger charge is 2.22. The number of fused-ring (bicyclic) bond motifs is 5. The molecule has 3 aromatic carbocycles. The van der Waals surface area contributed by atoms with Crippen LogP contribution in [0.2, 0.25) is 5.02 Å². The van der Waals surface area contributed by atoms with E-state index in [1.165, 1.54) is 27.3 Å². The molecule has 0 unspecified atom stereocenters. The minimum absolute atomic E-state index is 0.541. The largest absolute Gasteiger partial charge is 0.490 e. The Morgan fingerprint density at radius 1 is 1.03 bits per heavy atom. The van der Waals surface area contributed by atoms with Gasteiger partial charge in [0, 0.05) is 17.5 Å². The van der Waals surface area contributed by atoms with Crippen LogP contribution in [0.5, 0.6) is 11.5 Å². The van der Waals surface area contributed by atoms with Gasteiger partial charge in [-0.3, -0.25) is 0 Å². The number of pyridine rings is 1. The third-order valence-electron chi connectivity index (χ3n) is 5.98. The van der Waals surface area contributed by atoms with Crippen molar-refractivity contribution in [2.45, 2.75) is 33.2 Å². The summed E-state index contributed by atoms with van der Waals surface area (Å²) in [5.41, 5.74) is 5.54. The molecule has 0 atom stereocenters. The number of halogens is 1. The van der Waals surface area contributed by atoms with E-state index in [4.69, 9.17) is 26.1 Å². The van der Waals surface area contributed by atoms with Crippen LogP contribution >= 0.6 is 11.6 Å². The molecule has 0 radical (unpaired) electrons. The number of nitrogens with zero attached hydrogens (tertiary/aromatic N) is 1.